The quantitative estimate of drug-likeness (QED) is 0.534. The second-order valence-corrected chi connectivity index (χ2v) is 2.04. The van der Waals surface area contributed by atoms with Gasteiger partial charge in [-0.05, 0) is 19.3 Å². The zero-order valence-electron chi connectivity index (χ0n) is 11.6. The Morgan fingerprint density at radius 1 is 1.55 bits per heavy atom. The van der Waals surface area contributed by atoms with E-state index in [0.29, 0.717) is 0 Å². The fourth-order valence-electron chi connectivity index (χ4n) is 0.622. The Hall–Kier alpha value is -0.865. The molecule has 0 radical (unpaired) electrons. The third-order valence-electron chi connectivity index (χ3n) is 1.21. The van der Waals surface area contributed by atoms with Crippen LogP contribution < -0.4 is 5.46 Å². The number of pyridine rings is 1. The fraction of sp³-hybridized carbons (Fsp3) is 0.286. The van der Waals surface area contributed by atoms with Gasteiger partial charge in [0.05, 0.1) is 0 Å². The summed E-state index contributed by atoms with van der Waals surface area (Å²) < 4.78 is 43.1. The van der Waals surface area contributed by atoms with E-state index < -0.39 is 32.1 Å². The molecule has 0 aliphatic heterocycles. The van der Waals surface area contributed by atoms with E-state index in [0.717, 1.165) is 12.3 Å². The summed E-state index contributed by atoms with van der Waals surface area (Å²) >= 11 is 0. The Labute approximate surface area is 74.3 Å². The molecule has 1 aromatic rings. The monoisotopic (exact) mass is 157 g/mol. The third-order valence-corrected chi connectivity index (χ3v) is 1.21. The van der Waals surface area contributed by atoms with Crippen molar-refractivity contribution in [3.8, 4) is 0 Å². The smallest absolute Gasteiger partial charge is 0.423 e. The molecule has 0 aromatic carbocycles. The van der Waals surface area contributed by atoms with Gasteiger partial charge in [-0.3, -0.25) is 4.98 Å². The molecule has 0 saturated heterocycles. The average molecular weight is 157 g/mol. The Morgan fingerprint density at radius 2 is 2.36 bits per heavy atom. The topological polar surface area (TPSA) is 53.4 Å². The van der Waals surface area contributed by atoms with E-state index in [-0.39, 0.29) is 5.46 Å². The molecule has 3 nitrogen and oxygen atoms in total. The highest BCUT2D eigenvalue weighted by molar-refractivity contribution is 6.58. The van der Waals surface area contributed by atoms with Gasteiger partial charge in [-0.1, -0.05) is 6.07 Å². The van der Waals surface area contributed by atoms with Crippen molar-refractivity contribution in [3.05, 3.63) is 23.5 Å². The predicted octanol–water partition coefficient (Wildman–Crippen LogP) is -0.622. The third kappa shape index (κ3) is 1.79. The molecule has 0 atom stereocenters. The van der Waals surface area contributed by atoms with Crippen LogP contribution in [0.1, 0.15) is 19.5 Å². The van der Waals surface area contributed by atoms with Gasteiger partial charge in [-0.2, -0.15) is 0 Å². The van der Waals surface area contributed by atoms with E-state index in [9.17, 15) is 0 Å². The average Bonchev–Trinajstić information content (AvgIpc) is 2.14. The summed E-state index contributed by atoms with van der Waals surface area (Å²) in [5.74, 6) is 0. The van der Waals surface area contributed by atoms with Crippen LogP contribution in [0.15, 0.2) is 12.3 Å². The zero-order valence-corrected chi connectivity index (χ0v) is 5.57. The van der Waals surface area contributed by atoms with Gasteiger partial charge in [0.1, 0.15) is 0 Å². The van der Waals surface area contributed by atoms with Gasteiger partial charge in [0.15, 0.2) is 0 Å². The number of nitrogens with zero attached hydrogens (tertiary/aromatic N) is 1. The molecule has 0 spiro atoms. The molecule has 0 unspecified atom stereocenters. The number of aromatic nitrogens is 1. The van der Waals surface area contributed by atoms with E-state index >= 15 is 0 Å². The van der Waals surface area contributed by atoms with Crippen LogP contribution >= 0.6 is 0 Å². The minimum Gasteiger partial charge on any atom is -0.423 e. The lowest BCUT2D eigenvalue weighted by Crippen LogP contribution is -2.30. The summed E-state index contributed by atoms with van der Waals surface area (Å²) in [5, 5.41) is 17.8. The van der Waals surface area contributed by atoms with E-state index in [1.165, 1.54) is 0 Å². The molecule has 0 saturated carbocycles. The largest absolute Gasteiger partial charge is 0.490 e. The minimum atomic E-state index is -2.68. The van der Waals surface area contributed by atoms with Crippen LogP contribution in [-0.2, 0) is 0 Å². The number of hydrogen-bond acceptors (Lipinski definition) is 3. The normalized spacial score (nSPS) is 20.2. The van der Waals surface area contributed by atoms with Crippen LogP contribution in [0.2, 0.25) is 0 Å². The van der Waals surface area contributed by atoms with Gasteiger partial charge in [0.2, 0.25) is 0 Å². The second-order valence-electron chi connectivity index (χ2n) is 2.04. The first-order chi connectivity index (χ1) is 7.53. The molecule has 1 heterocycles. The number of aryl methyl sites for hydroxylation is 2. The van der Waals surface area contributed by atoms with Crippen molar-refractivity contribution in [1.82, 2.24) is 4.98 Å². The molecule has 2 N–H and O–H groups in total. The SMILES string of the molecule is [2H]C([2H])([2H])c1cc(B(O)O)cnc1C([2H])([2H])[2H]. The van der Waals surface area contributed by atoms with Crippen molar-refractivity contribution in [3.63, 3.8) is 0 Å². The molecule has 1 rings (SSSR count). The van der Waals surface area contributed by atoms with Crippen LogP contribution in [0.3, 0.4) is 0 Å². The fourth-order valence-corrected chi connectivity index (χ4v) is 0.622. The maximum Gasteiger partial charge on any atom is 0.490 e. The van der Waals surface area contributed by atoms with Crippen LogP contribution in [0.5, 0.6) is 0 Å². The maximum atomic E-state index is 8.90. The van der Waals surface area contributed by atoms with Crippen LogP contribution in [0.25, 0.3) is 0 Å². The first kappa shape index (κ1) is 3.25. The molecule has 1 aromatic heterocycles. The van der Waals surface area contributed by atoms with Crippen molar-refractivity contribution in [2.24, 2.45) is 0 Å². The summed E-state index contributed by atoms with van der Waals surface area (Å²) in [6.07, 6.45) is 0.932. The maximum absolute atomic E-state index is 8.90. The summed E-state index contributed by atoms with van der Waals surface area (Å²) in [7, 11) is -1.89. The van der Waals surface area contributed by atoms with Gasteiger partial charge < -0.3 is 10.0 Å². The molecule has 0 aliphatic rings. The Morgan fingerprint density at radius 3 is 2.91 bits per heavy atom. The van der Waals surface area contributed by atoms with Gasteiger partial charge in [-0.15, -0.1) is 0 Å². The molecular weight excluding hydrogens is 141 g/mol. The number of rotatable bonds is 1. The van der Waals surface area contributed by atoms with Crippen molar-refractivity contribution >= 4 is 12.6 Å². The molecule has 0 amide bonds. The van der Waals surface area contributed by atoms with Crippen molar-refractivity contribution in [2.75, 3.05) is 0 Å². The van der Waals surface area contributed by atoms with Crippen molar-refractivity contribution in [2.45, 2.75) is 13.7 Å². The highest BCUT2D eigenvalue weighted by Gasteiger charge is 2.11. The second kappa shape index (κ2) is 3.03. The standard InChI is InChI=1S/C7H10BNO2/c1-5-3-7(8(10)11)4-9-6(5)2/h3-4,10-11H,1-2H3/i1D3,2D3. The van der Waals surface area contributed by atoms with E-state index in [4.69, 9.17) is 18.3 Å². The molecular formula is C7H10BNO2. The first-order valence-electron chi connectivity index (χ1n) is 5.90. The van der Waals surface area contributed by atoms with Gasteiger partial charge in [-0.25, -0.2) is 0 Å². The van der Waals surface area contributed by atoms with E-state index in [1.54, 1.807) is 0 Å². The lowest BCUT2D eigenvalue weighted by atomic mass is 9.81. The molecule has 0 aliphatic carbocycles. The van der Waals surface area contributed by atoms with Crippen molar-refractivity contribution < 1.29 is 18.3 Å². The summed E-state index contributed by atoms with van der Waals surface area (Å²) in [6.45, 7) is -5.34. The number of hydrogen-bond donors (Lipinski definition) is 2. The predicted molar refractivity (Wildman–Crippen MR) is 43.5 cm³/mol. The van der Waals surface area contributed by atoms with Crippen LogP contribution in [-0.4, -0.2) is 22.2 Å². The molecule has 11 heavy (non-hydrogen) atoms. The van der Waals surface area contributed by atoms with E-state index in [2.05, 4.69) is 4.98 Å². The van der Waals surface area contributed by atoms with Crippen LogP contribution in [0, 0.1) is 13.7 Å². The zero-order chi connectivity index (χ0) is 13.4. The van der Waals surface area contributed by atoms with Gasteiger partial charge in [0.25, 0.3) is 0 Å². The summed E-state index contributed by atoms with van der Waals surface area (Å²) in [4.78, 5) is 3.50. The van der Waals surface area contributed by atoms with E-state index in [1.807, 2.05) is 0 Å². The molecule has 0 bridgehead atoms. The summed E-state index contributed by atoms with van der Waals surface area (Å²) in [6, 6.07) is 0.923. The Bertz CT molecular complexity index is 416. The van der Waals surface area contributed by atoms with Crippen molar-refractivity contribution in [1.29, 1.82) is 0 Å². The molecule has 4 heteroatoms. The summed E-state index contributed by atoms with van der Waals surface area (Å²) in [5.41, 5.74) is -1.21. The molecule has 0 fully saturated rings. The van der Waals surface area contributed by atoms with Crippen LogP contribution in [0.4, 0.5) is 0 Å². The lowest BCUT2D eigenvalue weighted by Gasteiger charge is -2.01. The lowest BCUT2D eigenvalue weighted by molar-refractivity contribution is 0.425. The minimum absolute atomic E-state index is 0.163. The first-order valence-corrected chi connectivity index (χ1v) is 2.90. The highest BCUT2D eigenvalue weighted by atomic mass is 16.4. The Kier molecular flexibility index (Phi) is 0.894. The van der Waals surface area contributed by atoms with Gasteiger partial charge >= 0.3 is 7.12 Å². The Balaban J connectivity index is 3.43. The highest BCUT2D eigenvalue weighted by Crippen LogP contribution is 1.98. The molecule has 58 valence electrons. The van der Waals surface area contributed by atoms with Gasteiger partial charge in [0, 0.05) is 25.6 Å².